The topological polar surface area (TPSA) is 73.8 Å². The van der Waals surface area contributed by atoms with Gasteiger partial charge in [-0.3, -0.25) is 14.9 Å². The van der Waals surface area contributed by atoms with E-state index < -0.39 is 4.92 Å². The monoisotopic (exact) mass is 324 g/mol. The molecule has 3 rings (SSSR count). The van der Waals surface area contributed by atoms with Crippen molar-refractivity contribution < 1.29 is 14.5 Å². The van der Waals surface area contributed by atoms with Crippen molar-refractivity contribution in [3.05, 3.63) is 75.1 Å². The molecule has 0 unspecified atom stereocenters. The van der Waals surface area contributed by atoms with E-state index in [0.29, 0.717) is 11.3 Å². The molecule has 0 saturated carbocycles. The lowest BCUT2D eigenvalue weighted by Crippen LogP contribution is -2.07. The zero-order chi connectivity index (χ0) is 17.4. The number of pyridine rings is 1. The molecule has 0 aliphatic carbocycles. The number of ketones is 1. The van der Waals surface area contributed by atoms with Crippen molar-refractivity contribution in [2.75, 3.05) is 7.11 Å². The van der Waals surface area contributed by atoms with Gasteiger partial charge in [0.15, 0.2) is 5.75 Å². The van der Waals surface area contributed by atoms with Gasteiger partial charge in [0.25, 0.3) is 0 Å². The molecule has 24 heavy (non-hydrogen) atoms. The van der Waals surface area contributed by atoms with Gasteiger partial charge in [-0.2, -0.15) is 0 Å². The molecule has 0 saturated heterocycles. The van der Waals surface area contributed by atoms with Gasteiger partial charge in [0.05, 0.1) is 17.7 Å². The third-order valence-corrected chi connectivity index (χ3v) is 4.26. The molecule has 122 valence electrons. The second-order valence-electron chi connectivity index (χ2n) is 5.53. The highest BCUT2D eigenvalue weighted by Crippen LogP contribution is 2.30. The highest BCUT2D eigenvalue weighted by molar-refractivity contribution is 6.10. The lowest BCUT2D eigenvalue weighted by molar-refractivity contribution is -0.385. The number of carbonyl (C=O) groups is 1. The van der Waals surface area contributed by atoms with Gasteiger partial charge in [-0.15, -0.1) is 0 Å². The molecule has 0 spiro atoms. The Kier molecular flexibility index (Phi) is 3.81. The second-order valence-corrected chi connectivity index (χ2v) is 5.53. The molecule has 6 heteroatoms. The highest BCUT2D eigenvalue weighted by Gasteiger charge is 2.22. The number of nitrogens with zero attached hydrogens (tertiary/aromatic N) is 2. The Hall–Kier alpha value is -3.15. The number of carbonyl (C=O) groups excluding carboxylic acids is 1. The summed E-state index contributed by atoms with van der Waals surface area (Å²) in [6, 6.07) is 9.90. The normalized spacial score (nSPS) is 10.8. The third-order valence-electron chi connectivity index (χ3n) is 4.26. The Balaban J connectivity index is 2.17. The highest BCUT2D eigenvalue weighted by atomic mass is 16.6. The fourth-order valence-corrected chi connectivity index (χ4v) is 2.88. The number of hydrogen-bond donors (Lipinski definition) is 0. The summed E-state index contributed by atoms with van der Waals surface area (Å²) >= 11 is 0. The minimum absolute atomic E-state index is 0.0705. The Morgan fingerprint density at radius 2 is 1.92 bits per heavy atom. The summed E-state index contributed by atoms with van der Waals surface area (Å²) in [6.07, 6.45) is 1.84. The summed E-state index contributed by atoms with van der Waals surface area (Å²) < 4.78 is 6.90. The van der Waals surface area contributed by atoms with Crippen LogP contribution in [0, 0.1) is 24.0 Å². The fraction of sp³-hybridized carbons (Fsp3) is 0.167. The van der Waals surface area contributed by atoms with Gasteiger partial charge in [-0.25, -0.2) is 0 Å². The number of hydrogen-bond acceptors (Lipinski definition) is 4. The summed E-state index contributed by atoms with van der Waals surface area (Å²) in [4.78, 5) is 23.5. The molecular formula is C18H16N2O4. The molecule has 0 fully saturated rings. The largest absolute Gasteiger partial charge is 0.490 e. The number of nitro groups is 1. The molecule has 0 aliphatic heterocycles. The van der Waals surface area contributed by atoms with E-state index in [-0.39, 0.29) is 17.2 Å². The number of nitro benzene ring substituents is 1. The Morgan fingerprint density at radius 1 is 1.17 bits per heavy atom. The number of aryl methyl sites for hydroxylation is 1. The van der Waals surface area contributed by atoms with Gasteiger partial charge in [-0.05, 0) is 49.2 Å². The van der Waals surface area contributed by atoms with Crippen LogP contribution in [0.1, 0.15) is 27.2 Å². The summed E-state index contributed by atoms with van der Waals surface area (Å²) in [7, 11) is 1.35. The van der Waals surface area contributed by atoms with Gasteiger partial charge in [0.1, 0.15) is 0 Å². The molecular weight excluding hydrogens is 308 g/mol. The van der Waals surface area contributed by atoms with Gasteiger partial charge in [0, 0.05) is 23.3 Å². The molecule has 0 atom stereocenters. The van der Waals surface area contributed by atoms with E-state index in [1.165, 1.54) is 25.3 Å². The van der Waals surface area contributed by atoms with Gasteiger partial charge < -0.3 is 9.14 Å². The maximum Gasteiger partial charge on any atom is 0.310 e. The van der Waals surface area contributed by atoms with E-state index in [1.54, 1.807) is 0 Å². The molecule has 0 N–H and O–H groups in total. The zero-order valence-electron chi connectivity index (χ0n) is 13.6. The molecule has 0 amide bonds. The van der Waals surface area contributed by atoms with E-state index in [0.717, 1.165) is 16.6 Å². The van der Waals surface area contributed by atoms with Crippen LogP contribution in [0.15, 0.2) is 42.6 Å². The number of aromatic nitrogens is 1. The summed E-state index contributed by atoms with van der Waals surface area (Å²) in [5.74, 6) is -0.129. The van der Waals surface area contributed by atoms with Crippen molar-refractivity contribution in [1.82, 2.24) is 4.40 Å². The maximum atomic E-state index is 13.0. The molecule has 3 aromatic rings. The Bertz CT molecular complexity index is 973. The van der Waals surface area contributed by atoms with Crippen molar-refractivity contribution in [1.29, 1.82) is 0 Å². The van der Waals surface area contributed by atoms with Gasteiger partial charge >= 0.3 is 5.69 Å². The molecule has 2 heterocycles. The van der Waals surface area contributed by atoms with Crippen molar-refractivity contribution >= 4 is 17.0 Å². The number of fused-ring (bicyclic) bond motifs is 1. The van der Waals surface area contributed by atoms with E-state index in [9.17, 15) is 14.9 Å². The fourth-order valence-electron chi connectivity index (χ4n) is 2.88. The Morgan fingerprint density at radius 3 is 2.58 bits per heavy atom. The Labute approximate surface area is 138 Å². The van der Waals surface area contributed by atoms with Crippen LogP contribution >= 0.6 is 0 Å². The standard InChI is InChI=1S/C18H16N2O4/c1-11-12(2)17(19-9-5-4-6-14(11)19)18(21)13-7-8-15(20(22)23)16(10-13)24-3/h4-10H,1-3H3. The summed E-state index contributed by atoms with van der Waals surface area (Å²) in [5, 5.41) is 11.0. The molecule has 2 aromatic heterocycles. The maximum absolute atomic E-state index is 13.0. The number of rotatable bonds is 4. The average Bonchev–Trinajstić information content (AvgIpc) is 2.85. The van der Waals surface area contributed by atoms with Crippen molar-refractivity contribution in [3.63, 3.8) is 0 Å². The lowest BCUT2D eigenvalue weighted by atomic mass is 10.0. The van der Waals surface area contributed by atoms with Crippen LogP contribution in [-0.2, 0) is 0 Å². The molecule has 0 radical (unpaired) electrons. The van der Waals surface area contributed by atoms with Crippen LogP contribution in [0.5, 0.6) is 5.75 Å². The van der Waals surface area contributed by atoms with Crippen LogP contribution in [0.2, 0.25) is 0 Å². The first kappa shape index (κ1) is 15.7. The second kappa shape index (κ2) is 5.81. The minimum Gasteiger partial charge on any atom is -0.490 e. The van der Waals surface area contributed by atoms with E-state index in [4.69, 9.17) is 4.74 Å². The van der Waals surface area contributed by atoms with Crippen LogP contribution < -0.4 is 4.74 Å². The first-order chi connectivity index (χ1) is 11.5. The van der Waals surface area contributed by atoms with Crippen LogP contribution in [0.3, 0.4) is 0 Å². The molecule has 0 bridgehead atoms. The van der Waals surface area contributed by atoms with Crippen molar-refractivity contribution in [2.45, 2.75) is 13.8 Å². The molecule has 0 aliphatic rings. The number of benzene rings is 1. The predicted octanol–water partition coefficient (Wildman–Crippen LogP) is 3.70. The number of ether oxygens (including phenoxy) is 1. The third kappa shape index (κ3) is 2.32. The smallest absolute Gasteiger partial charge is 0.310 e. The van der Waals surface area contributed by atoms with Crippen molar-refractivity contribution in [2.24, 2.45) is 0 Å². The molecule has 1 aromatic carbocycles. The van der Waals surface area contributed by atoms with E-state index >= 15 is 0 Å². The summed E-state index contributed by atoms with van der Waals surface area (Å²) in [6.45, 7) is 3.87. The number of methoxy groups -OCH3 is 1. The first-order valence-corrected chi connectivity index (χ1v) is 7.39. The SMILES string of the molecule is COc1cc(C(=O)c2c(C)c(C)c3ccccn23)ccc1[N+](=O)[O-]. The van der Waals surface area contributed by atoms with Gasteiger partial charge in [0.2, 0.25) is 5.78 Å². The predicted molar refractivity (Wildman–Crippen MR) is 90.0 cm³/mol. The zero-order valence-corrected chi connectivity index (χ0v) is 13.6. The van der Waals surface area contributed by atoms with Crippen LogP contribution in [0.25, 0.3) is 5.52 Å². The van der Waals surface area contributed by atoms with E-state index in [1.807, 2.05) is 42.6 Å². The van der Waals surface area contributed by atoms with Crippen LogP contribution in [0.4, 0.5) is 5.69 Å². The van der Waals surface area contributed by atoms with E-state index in [2.05, 4.69) is 0 Å². The summed E-state index contributed by atoms with van der Waals surface area (Å²) in [5.41, 5.74) is 3.63. The van der Waals surface area contributed by atoms with Crippen molar-refractivity contribution in [3.8, 4) is 5.75 Å². The van der Waals surface area contributed by atoms with Crippen LogP contribution in [-0.4, -0.2) is 22.2 Å². The molecule has 6 nitrogen and oxygen atoms in total. The minimum atomic E-state index is -0.533. The quantitative estimate of drug-likeness (QED) is 0.416. The first-order valence-electron chi connectivity index (χ1n) is 7.39. The average molecular weight is 324 g/mol. The van der Waals surface area contributed by atoms with Gasteiger partial charge in [-0.1, -0.05) is 6.07 Å². The lowest BCUT2D eigenvalue weighted by Gasteiger charge is -2.07.